The van der Waals surface area contributed by atoms with E-state index in [1.807, 2.05) is 0 Å². The summed E-state index contributed by atoms with van der Waals surface area (Å²) in [5.41, 5.74) is 4.19. The van der Waals surface area contributed by atoms with Crippen molar-refractivity contribution in [1.82, 2.24) is 5.43 Å². The summed E-state index contributed by atoms with van der Waals surface area (Å²) in [6, 6.07) is 20.9. The van der Waals surface area contributed by atoms with E-state index in [9.17, 15) is 9.59 Å². The molecule has 0 heterocycles. The van der Waals surface area contributed by atoms with Gasteiger partial charge in [-0.05, 0) is 54.1 Å². The van der Waals surface area contributed by atoms with Crippen LogP contribution in [0.4, 0.5) is 5.69 Å². The molecule has 30 heavy (non-hydrogen) atoms. The zero-order valence-corrected chi connectivity index (χ0v) is 18.0. The Morgan fingerprint density at radius 3 is 2.57 bits per heavy atom. The van der Waals surface area contributed by atoms with Crippen molar-refractivity contribution >= 4 is 51.2 Å². The summed E-state index contributed by atoms with van der Waals surface area (Å²) in [5, 5.41) is 7.10. The molecule has 0 aliphatic rings. The van der Waals surface area contributed by atoms with Gasteiger partial charge in [-0.2, -0.15) is 5.10 Å². The van der Waals surface area contributed by atoms with E-state index in [0.29, 0.717) is 27.6 Å². The number of nitrogens with one attached hydrogen (secondary N) is 2. The van der Waals surface area contributed by atoms with Crippen LogP contribution in [0.1, 0.15) is 15.9 Å². The van der Waals surface area contributed by atoms with Gasteiger partial charge in [0.05, 0.1) is 16.9 Å². The Morgan fingerprint density at radius 1 is 1.03 bits per heavy atom. The predicted octanol–water partition coefficient (Wildman–Crippen LogP) is 4.88. The molecule has 0 bridgehead atoms. The summed E-state index contributed by atoms with van der Waals surface area (Å²) in [6.45, 7) is -0.174. The lowest BCUT2D eigenvalue weighted by atomic mass is 10.2. The Bertz CT molecular complexity index is 1070. The van der Waals surface area contributed by atoms with Crippen LogP contribution in [0.5, 0.6) is 5.75 Å². The zero-order valence-electron chi connectivity index (χ0n) is 15.6. The molecule has 0 spiro atoms. The quantitative estimate of drug-likeness (QED) is 0.369. The lowest BCUT2D eigenvalue weighted by Crippen LogP contribution is -2.20. The van der Waals surface area contributed by atoms with Crippen LogP contribution < -0.4 is 15.5 Å². The van der Waals surface area contributed by atoms with Crippen molar-refractivity contribution < 1.29 is 14.3 Å². The van der Waals surface area contributed by atoms with Gasteiger partial charge in [-0.15, -0.1) is 0 Å². The van der Waals surface area contributed by atoms with E-state index >= 15 is 0 Å². The average Bonchev–Trinajstić information content (AvgIpc) is 2.75. The van der Waals surface area contributed by atoms with Crippen molar-refractivity contribution in [1.29, 1.82) is 0 Å². The monoisotopic (exact) mass is 485 g/mol. The highest BCUT2D eigenvalue weighted by Crippen LogP contribution is 2.20. The zero-order chi connectivity index (χ0) is 21.3. The van der Waals surface area contributed by atoms with Gasteiger partial charge in [0.2, 0.25) is 0 Å². The maximum atomic E-state index is 12.1. The van der Waals surface area contributed by atoms with Crippen LogP contribution in [0.25, 0.3) is 0 Å². The summed E-state index contributed by atoms with van der Waals surface area (Å²) in [5.74, 6) is -0.154. The third-order valence-corrected chi connectivity index (χ3v) is 4.72. The number of hydrazone groups is 1. The van der Waals surface area contributed by atoms with E-state index in [1.165, 1.54) is 6.21 Å². The van der Waals surface area contributed by atoms with Crippen LogP contribution in [0.15, 0.2) is 82.4 Å². The maximum absolute atomic E-state index is 12.1. The lowest BCUT2D eigenvalue weighted by molar-refractivity contribution is -0.118. The van der Waals surface area contributed by atoms with Crippen molar-refractivity contribution in [2.24, 2.45) is 5.10 Å². The smallest absolute Gasteiger partial charge is 0.271 e. The molecule has 3 aromatic carbocycles. The number of hydrogen-bond donors (Lipinski definition) is 2. The van der Waals surface area contributed by atoms with Crippen LogP contribution in [-0.2, 0) is 4.79 Å². The predicted molar refractivity (Wildman–Crippen MR) is 121 cm³/mol. The summed E-state index contributed by atoms with van der Waals surface area (Å²) in [7, 11) is 0. The first-order valence-electron chi connectivity index (χ1n) is 8.87. The molecule has 8 heteroatoms. The number of anilines is 1. The fourth-order valence-corrected chi connectivity index (χ4v) is 2.86. The van der Waals surface area contributed by atoms with Crippen molar-refractivity contribution in [3.05, 3.63) is 93.4 Å². The molecule has 0 aromatic heterocycles. The molecule has 0 saturated heterocycles. The van der Waals surface area contributed by atoms with Gasteiger partial charge in [0.25, 0.3) is 11.8 Å². The second-order valence-corrected chi connectivity index (χ2v) is 7.42. The van der Waals surface area contributed by atoms with E-state index in [2.05, 4.69) is 31.8 Å². The maximum Gasteiger partial charge on any atom is 0.271 e. The van der Waals surface area contributed by atoms with Crippen molar-refractivity contribution in [3.8, 4) is 5.75 Å². The van der Waals surface area contributed by atoms with Gasteiger partial charge in [-0.25, -0.2) is 5.43 Å². The van der Waals surface area contributed by atoms with Crippen LogP contribution in [0.3, 0.4) is 0 Å². The van der Waals surface area contributed by atoms with Gasteiger partial charge in [-0.1, -0.05) is 51.8 Å². The Labute approximate surface area is 187 Å². The average molecular weight is 487 g/mol. The largest absolute Gasteiger partial charge is 0.484 e. The fraction of sp³-hybridized carbons (Fsp3) is 0.0455. The van der Waals surface area contributed by atoms with Gasteiger partial charge >= 0.3 is 0 Å². The minimum atomic E-state index is -0.330. The molecule has 0 radical (unpaired) electrons. The summed E-state index contributed by atoms with van der Waals surface area (Å²) >= 11 is 9.34. The summed E-state index contributed by atoms with van der Waals surface area (Å²) in [4.78, 5) is 24.1. The van der Waals surface area contributed by atoms with Crippen LogP contribution in [0, 0.1) is 0 Å². The standard InChI is InChI=1S/C22H17BrClN3O3/c23-17-10-8-16(9-11-17)22(29)27-25-13-15-4-3-5-18(12-15)30-14-21(28)26-20-7-2-1-6-19(20)24/h1-13H,14H2,(H,26,28)(H,27,29)/b25-13+. The first kappa shape index (κ1) is 21.5. The molecule has 0 atom stereocenters. The normalized spacial score (nSPS) is 10.6. The molecule has 3 aromatic rings. The Kier molecular flexibility index (Phi) is 7.59. The number of benzene rings is 3. The number of para-hydroxylation sites is 1. The Balaban J connectivity index is 1.52. The van der Waals surface area contributed by atoms with E-state index in [-0.39, 0.29) is 18.4 Å². The SMILES string of the molecule is O=C(COc1cccc(/C=N/NC(=O)c2ccc(Br)cc2)c1)Nc1ccccc1Cl. The first-order valence-corrected chi connectivity index (χ1v) is 10.0. The minimum absolute atomic E-state index is 0.174. The third-order valence-electron chi connectivity index (χ3n) is 3.86. The van der Waals surface area contributed by atoms with Gasteiger partial charge in [0, 0.05) is 10.0 Å². The number of ether oxygens (including phenoxy) is 1. The van der Waals surface area contributed by atoms with Crippen LogP contribution in [0.2, 0.25) is 5.02 Å². The molecule has 3 rings (SSSR count). The van der Waals surface area contributed by atoms with E-state index in [4.69, 9.17) is 16.3 Å². The highest BCUT2D eigenvalue weighted by atomic mass is 79.9. The van der Waals surface area contributed by atoms with Crippen LogP contribution >= 0.6 is 27.5 Å². The number of halogens is 2. The lowest BCUT2D eigenvalue weighted by Gasteiger charge is -2.09. The second kappa shape index (κ2) is 10.6. The molecule has 2 N–H and O–H groups in total. The van der Waals surface area contributed by atoms with Gasteiger partial charge in [-0.3, -0.25) is 9.59 Å². The number of rotatable bonds is 7. The van der Waals surface area contributed by atoms with Gasteiger partial charge < -0.3 is 10.1 Å². The van der Waals surface area contributed by atoms with E-state index < -0.39 is 0 Å². The molecule has 0 aliphatic heterocycles. The Morgan fingerprint density at radius 2 is 1.80 bits per heavy atom. The van der Waals surface area contributed by atoms with Crippen molar-refractivity contribution in [2.75, 3.05) is 11.9 Å². The summed E-state index contributed by atoms with van der Waals surface area (Å²) < 4.78 is 6.41. The highest BCUT2D eigenvalue weighted by molar-refractivity contribution is 9.10. The molecule has 0 saturated carbocycles. The fourth-order valence-electron chi connectivity index (χ4n) is 2.41. The third kappa shape index (κ3) is 6.43. The molecule has 0 unspecified atom stereocenters. The van der Waals surface area contributed by atoms with Gasteiger partial charge in [0.15, 0.2) is 6.61 Å². The molecule has 152 valence electrons. The van der Waals surface area contributed by atoms with Gasteiger partial charge in [0.1, 0.15) is 5.75 Å². The van der Waals surface area contributed by atoms with E-state index in [1.54, 1.807) is 72.8 Å². The summed E-state index contributed by atoms with van der Waals surface area (Å²) in [6.07, 6.45) is 1.49. The molecule has 6 nitrogen and oxygen atoms in total. The number of nitrogens with zero attached hydrogens (tertiary/aromatic N) is 1. The molecule has 0 aliphatic carbocycles. The minimum Gasteiger partial charge on any atom is -0.484 e. The molecule has 2 amide bonds. The second-order valence-electron chi connectivity index (χ2n) is 6.10. The number of carbonyl (C=O) groups excluding carboxylic acids is 2. The van der Waals surface area contributed by atoms with Crippen molar-refractivity contribution in [3.63, 3.8) is 0 Å². The molecule has 0 fully saturated rings. The number of carbonyl (C=O) groups is 2. The van der Waals surface area contributed by atoms with E-state index in [0.717, 1.165) is 4.47 Å². The molecular weight excluding hydrogens is 470 g/mol. The van der Waals surface area contributed by atoms with Crippen LogP contribution in [-0.4, -0.2) is 24.6 Å². The number of hydrogen-bond acceptors (Lipinski definition) is 4. The van der Waals surface area contributed by atoms with Crippen molar-refractivity contribution in [2.45, 2.75) is 0 Å². The number of amides is 2. The Hall–Kier alpha value is -3.16. The highest BCUT2D eigenvalue weighted by Gasteiger charge is 2.07. The molecular formula is C22H17BrClN3O3. The topological polar surface area (TPSA) is 79.8 Å². The first-order chi connectivity index (χ1) is 14.5.